The highest BCUT2D eigenvalue weighted by Crippen LogP contribution is 2.04. The van der Waals surface area contributed by atoms with E-state index in [1.807, 2.05) is 24.3 Å². The van der Waals surface area contributed by atoms with E-state index in [1.54, 1.807) is 12.4 Å². The lowest BCUT2D eigenvalue weighted by Gasteiger charge is -1.90. The maximum atomic E-state index is 5.38. The zero-order chi connectivity index (χ0) is 11.6. The third-order valence-corrected chi connectivity index (χ3v) is 2.38. The number of halogens is 1. The number of rotatable bonds is 3. The van der Waals surface area contributed by atoms with Crippen LogP contribution in [0.4, 0.5) is 0 Å². The first-order chi connectivity index (χ1) is 7.88. The van der Waals surface area contributed by atoms with Crippen LogP contribution in [-0.4, -0.2) is 15.8 Å². The second-order valence-electron chi connectivity index (χ2n) is 3.44. The number of nitrogens with zero attached hydrogens (tertiary/aromatic N) is 2. The summed E-state index contributed by atoms with van der Waals surface area (Å²) in [5, 5.41) is 0. The molecule has 0 fully saturated rings. The van der Waals surface area contributed by atoms with Crippen molar-refractivity contribution in [3.63, 3.8) is 0 Å². The van der Waals surface area contributed by atoms with Crippen LogP contribution >= 0.6 is 11.6 Å². The van der Waals surface area contributed by atoms with Crippen LogP contribution < -0.4 is 0 Å². The van der Waals surface area contributed by atoms with E-state index in [9.17, 15) is 0 Å². The lowest BCUT2D eigenvalue weighted by molar-refractivity contribution is 0.776. The van der Waals surface area contributed by atoms with Crippen LogP contribution in [0.2, 0.25) is 0 Å². The number of benzene rings is 1. The topological polar surface area (TPSA) is 25.8 Å². The summed E-state index contributed by atoms with van der Waals surface area (Å²) in [5.74, 6) is 0.827. The molecule has 1 aromatic carbocycles. The van der Waals surface area contributed by atoms with Gasteiger partial charge < -0.3 is 0 Å². The lowest BCUT2D eigenvalue weighted by Crippen LogP contribution is -1.78. The fraction of sp³-hybridized carbons (Fsp3) is 0.385. The molecule has 0 unspecified atom stereocenters. The molecule has 1 aromatic heterocycles. The Morgan fingerprint density at radius 1 is 1.00 bits per heavy atom. The van der Waals surface area contributed by atoms with Gasteiger partial charge in [0.15, 0.2) is 0 Å². The summed E-state index contributed by atoms with van der Waals surface area (Å²) in [6.45, 7) is 2.17. The average molecular weight is 237 g/mol. The molecule has 0 N–H and O–H groups in total. The molecular weight excluding hydrogens is 220 g/mol. The van der Waals surface area contributed by atoms with E-state index in [2.05, 4.69) is 16.9 Å². The number of unbranched alkanes of at least 4 members (excludes halogenated alkanes) is 2. The van der Waals surface area contributed by atoms with Crippen molar-refractivity contribution in [3.8, 4) is 0 Å². The zero-order valence-corrected chi connectivity index (χ0v) is 10.3. The summed E-state index contributed by atoms with van der Waals surface area (Å²) >= 11 is 5.38. The molecule has 3 heteroatoms. The van der Waals surface area contributed by atoms with E-state index in [1.165, 1.54) is 19.3 Å². The highest BCUT2D eigenvalue weighted by atomic mass is 35.5. The minimum Gasteiger partial charge on any atom is -0.253 e. The molecule has 0 amide bonds. The van der Waals surface area contributed by atoms with Crippen molar-refractivity contribution >= 4 is 22.6 Å². The maximum Gasteiger partial charge on any atom is 0.0886 e. The summed E-state index contributed by atoms with van der Waals surface area (Å²) < 4.78 is 0. The van der Waals surface area contributed by atoms with E-state index in [0.29, 0.717) is 0 Å². The second-order valence-corrected chi connectivity index (χ2v) is 3.82. The van der Waals surface area contributed by atoms with Gasteiger partial charge in [-0.1, -0.05) is 31.9 Å². The lowest BCUT2D eigenvalue weighted by atomic mass is 10.3. The Kier molecular flexibility index (Phi) is 6.50. The second kappa shape index (κ2) is 8.05. The Balaban J connectivity index is 0.000000187. The third-order valence-electron chi connectivity index (χ3n) is 2.11. The van der Waals surface area contributed by atoms with E-state index in [-0.39, 0.29) is 0 Å². The Morgan fingerprint density at radius 3 is 1.94 bits per heavy atom. The normalized spacial score (nSPS) is 9.62. The van der Waals surface area contributed by atoms with Gasteiger partial charge in [-0.25, -0.2) is 0 Å². The first kappa shape index (κ1) is 12.9. The van der Waals surface area contributed by atoms with Crippen molar-refractivity contribution < 1.29 is 0 Å². The Bertz CT molecular complexity index is 334. The van der Waals surface area contributed by atoms with Crippen molar-refractivity contribution in [2.75, 3.05) is 5.88 Å². The van der Waals surface area contributed by atoms with Gasteiger partial charge in [0.2, 0.25) is 0 Å². The van der Waals surface area contributed by atoms with Crippen molar-refractivity contribution in [2.24, 2.45) is 0 Å². The molecule has 1 heterocycles. The molecule has 0 atom stereocenters. The largest absolute Gasteiger partial charge is 0.253 e. The average Bonchev–Trinajstić information content (AvgIpc) is 2.37. The molecule has 2 rings (SSSR count). The smallest absolute Gasteiger partial charge is 0.0886 e. The minimum absolute atomic E-state index is 0.827. The molecule has 0 bridgehead atoms. The molecule has 2 aromatic rings. The summed E-state index contributed by atoms with van der Waals surface area (Å²) in [5.41, 5.74) is 1.90. The van der Waals surface area contributed by atoms with Crippen molar-refractivity contribution in [1.29, 1.82) is 0 Å². The molecule has 0 aliphatic heterocycles. The predicted octanol–water partition coefficient (Wildman–Crippen LogP) is 4.05. The number of aromatic nitrogens is 2. The van der Waals surface area contributed by atoms with Crippen LogP contribution in [0.15, 0.2) is 36.7 Å². The molecule has 0 saturated carbocycles. The molecule has 0 aliphatic carbocycles. The zero-order valence-electron chi connectivity index (χ0n) is 9.56. The van der Waals surface area contributed by atoms with Crippen molar-refractivity contribution in [1.82, 2.24) is 9.97 Å². The fourth-order valence-electron chi connectivity index (χ4n) is 1.25. The van der Waals surface area contributed by atoms with Crippen LogP contribution in [0.25, 0.3) is 11.0 Å². The first-order valence-electron chi connectivity index (χ1n) is 5.60. The Labute approximate surface area is 102 Å². The highest BCUT2D eigenvalue weighted by Gasteiger charge is 1.88. The van der Waals surface area contributed by atoms with Crippen molar-refractivity contribution in [2.45, 2.75) is 26.2 Å². The summed E-state index contributed by atoms with van der Waals surface area (Å²) in [6, 6.07) is 7.80. The number of para-hydroxylation sites is 2. The maximum absolute atomic E-state index is 5.38. The van der Waals surface area contributed by atoms with Gasteiger partial charge in [-0.05, 0) is 18.6 Å². The van der Waals surface area contributed by atoms with Gasteiger partial charge in [0.05, 0.1) is 11.0 Å². The van der Waals surface area contributed by atoms with Crippen LogP contribution in [0, 0.1) is 0 Å². The van der Waals surface area contributed by atoms with Gasteiger partial charge in [-0.3, -0.25) is 9.97 Å². The summed E-state index contributed by atoms with van der Waals surface area (Å²) in [6.07, 6.45) is 7.12. The fourth-order valence-corrected chi connectivity index (χ4v) is 1.44. The molecular formula is C13H17ClN2. The third kappa shape index (κ3) is 4.58. The molecule has 0 saturated heterocycles. The minimum atomic E-state index is 0.827. The van der Waals surface area contributed by atoms with E-state index in [4.69, 9.17) is 11.6 Å². The summed E-state index contributed by atoms with van der Waals surface area (Å²) in [7, 11) is 0. The SMILES string of the molecule is CCCCCCl.c1ccc2nccnc2c1. The monoisotopic (exact) mass is 236 g/mol. The summed E-state index contributed by atoms with van der Waals surface area (Å²) in [4.78, 5) is 8.24. The number of alkyl halides is 1. The predicted molar refractivity (Wildman–Crippen MR) is 69.8 cm³/mol. The number of fused-ring (bicyclic) bond motifs is 1. The molecule has 16 heavy (non-hydrogen) atoms. The van der Waals surface area contributed by atoms with Crippen LogP contribution in [0.5, 0.6) is 0 Å². The van der Waals surface area contributed by atoms with Crippen LogP contribution in [0.1, 0.15) is 26.2 Å². The molecule has 0 radical (unpaired) electrons. The molecule has 2 nitrogen and oxygen atoms in total. The van der Waals surface area contributed by atoms with E-state index < -0.39 is 0 Å². The first-order valence-corrected chi connectivity index (χ1v) is 6.13. The van der Waals surface area contributed by atoms with Gasteiger partial charge in [0.1, 0.15) is 0 Å². The quantitative estimate of drug-likeness (QED) is 0.594. The van der Waals surface area contributed by atoms with Crippen LogP contribution in [-0.2, 0) is 0 Å². The molecule has 0 aliphatic rings. The van der Waals surface area contributed by atoms with Crippen molar-refractivity contribution in [3.05, 3.63) is 36.7 Å². The van der Waals surface area contributed by atoms with Gasteiger partial charge >= 0.3 is 0 Å². The van der Waals surface area contributed by atoms with Crippen LogP contribution in [0.3, 0.4) is 0 Å². The number of hydrogen-bond acceptors (Lipinski definition) is 2. The van der Waals surface area contributed by atoms with Gasteiger partial charge in [-0.2, -0.15) is 0 Å². The Morgan fingerprint density at radius 2 is 1.56 bits per heavy atom. The van der Waals surface area contributed by atoms with Gasteiger partial charge in [0, 0.05) is 18.3 Å². The van der Waals surface area contributed by atoms with Gasteiger partial charge in [0.25, 0.3) is 0 Å². The Hall–Kier alpha value is -1.15. The molecule has 0 spiro atoms. The molecule has 86 valence electrons. The van der Waals surface area contributed by atoms with E-state index >= 15 is 0 Å². The standard InChI is InChI=1S/C8H6N2.C5H11Cl/c1-2-4-8-7(3-1)9-5-6-10-8;1-2-3-4-5-6/h1-6H;2-5H2,1H3. The number of hydrogen-bond donors (Lipinski definition) is 0. The van der Waals surface area contributed by atoms with Gasteiger partial charge in [-0.15, -0.1) is 11.6 Å². The highest BCUT2D eigenvalue weighted by molar-refractivity contribution is 6.17. The van der Waals surface area contributed by atoms with E-state index in [0.717, 1.165) is 16.9 Å².